The van der Waals surface area contributed by atoms with Crippen molar-refractivity contribution >= 4 is 55.0 Å². The normalized spacial score (nSPS) is 10.7. The fourth-order valence-electron chi connectivity index (χ4n) is 3.14. The summed E-state index contributed by atoms with van der Waals surface area (Å²) in [5.41, 5.74) is 1.73. The topological polar surface area (TPSA) is 112 Å². The molecule has 0 radical (unpaired) electrons. The van der Waals surface area contributed by atoms with Crippen molar-refractivity contribution in [2.45, 2.75) is 13.3 Å². The van der Waals surface area contributed by atoms with Crippen molar-refractivity contribution < 1.29 is 23.8 Å². The predicted molar refractivity (Wildman–Crippen MR) is 133 cm³/mol. The summed E-state index contributed by atoms with van der Waals surface area (Å²) in [6.45, 7) is 2.51. The number of nitrogens with one attached hydrogen (secondary N) is 2. The number of ether oxygens (including phenoxy) is 3. The van der Waals surface area contributed by atoms with Gasteiger partial charge in [-0.3, -0.25) is 14.9 Å². The molecule has 34 heavy (non-hydrogen) atoms. The molecular weight excluding hydrogens is 476 g/mol. The predicted octanol–water partition coefficient (Wildman–Crippen LogP) is 4.60. The van der Waals surface area contributed by atoms with Gasteiger partial charge in [0, 0.05) is 10.9 Å². The monoisotopic (exact) mass is 498 g/mol. The van der Waals surface area contributed by atoms with Crippen LogP contribution in [-0.4, -0.2) is 42.6 Å². The van der Waals surface area contributed by atoms with Crippen molar-refractivity contribution in [3.05, 3.63) is 53.0 Å². The van der Waals surface area contributed by atoms with Gasteiger partial charge in [0.25, 0.3) is 5.91 Å². The summed E-state index contributed by atoms with van der Waals surface area (Å²) < 4.78 is 16.9. The standard InChI is InChI=1S/C23H22N4O5S2/c1-4-32-15-6-7-16-19(11-15)34-23(25-16)26-20(28)10-14-12-33-22(24-14)27-21(29)13-5-8-17(30-2)18(9-13)31-3/h5-9,11-12H,4,10H2,1-3H3,(H,24,27,29)(H,25,26,28). The number of rotatable bonds is 9. The number of hydrogen-bond donors (Lipinski definition) is 2. The average molecular weight is 499 g/mol. The lowest BCUT2D eigenvalue weighted by molar-refractivity contribution is -0.115. The third-order valence-corrected chi connectivity index (χ3v) is 6.42. The second-order valence-electron chi connectivity index (χ2n) is 6.97. The lowest BCUT2D eigenvalue weighted by Crippen LogP contribution is -2.15. The summed E-state index contributed by atoms with van der Waals surface area (Å²) in [7, 11) is 3.03. The van der Waals surface area contributed by atoms with Crippen LogP contribution in [0.5, 0.6) is 17.2 Å². The number of carbonyl (C=O) groups is 2. The van der Waals surface area contributed by atoms with Crippen molar-refractivity contribution in [1.29, 1.82) is 0 Å². The summed E-state index contributed by atoms with van der Waals surface area (Å²) in [6.07, 6.45) is 0.0584. The van der Waals surface area contributed by atoms with Crippen molar-refractivity contribution in [1.82, 2.24) is 9.97 Å². The Morgan fingerprint density at radius 2 is 1.79 bits per heavy atom. The molecule has 0 fully saturated rings. The van der Waals surface area contributed by atoms with Crippen molar-refractivity contribution in [2.24, 2.45) is 0 Å². The van der Waals surface area contributed by atoms with Crippen LogP contribution >= 0.6 is 22.7 Å². The van der Waals surface area contributed by atoms with Gasteiger partial charge in [-0.1, -0.05) is 11.3 Å². The first-order valence-corrected chi connectivity index (χ1v) is 12.0. The largest absolute Gasteiger partial charge is 0.494 e. The van der Waals surface area contributed by atoms with Gasteiger partial charge in [0.05, 0.1) is 43.2 Å². The van der Waals surface area contributed by atoms with Crippen LogP contribution in [0.3, 0.4) is 0 Å². The highest BCUT2D eigenvalue weighted by Crippen LogP contribution is 2.30. The first kappa shape index (κ1) is 23.5. The number of anilines is 2. The summed E-state index contributed by atoms with van der Waals surface area (Å²) in [5.74, 6) is 1.17. The minimum Gasteiger partial charge on any atom is -0.494 e. The zero-order valence-corrected chi connectivity index (χ0v) is 20.3. The molecule has 0 atom stereocenters. The number of amides is 2. The number of fused-ring (bicyclic) bond motifs is 1. The third-order valence-electron chi connectivity index (χ3n) is 4.68. The maximum Gasteiger partial charge on any atom is 0.257 e. The molecule has 2 aromatic carbocycles. The molecule has 2 heterocycles. The highest BCUT2D eigenvalue weighted by Gasteiger charge is 2.15. The molecule has 176 valence electrons. The van der Waals surface area contributed by atoms with Gasteiger partial charge in [-0.15, -0.1) is 11.3 Å². The smallest absolute Gasteiger partial charge is 0.257 e. The van der Waals surface area contributed by atoms with E-state index in [0.29, 0.717) is 39.6 Å². The Balaban J connectivity index is 1.36. The number of carbonyl (C=O) groups excluding carboxylic acids is 2. The highest BCUT2D eigenvalue weighted by molar-refractivity contribution is 7.22. The third kappa shape index (κ3) is 5.43. The quantitative estimate of drug-likeness (QED) is 0.347. The van der Waals surface area contributed by atoms with Crippen LogP contribution in [-0.2, 0) is 11.2 Å². The van der Waals surface area contributed by atoms with Crippen LogP contribution in [0.15, 0.2) is 41.8 Å². The van der Waals surface area contributed by atoms with Gasteiger partial charge in [-0.2, -0.15) is 0 Å². The average Bonchev–Trinajstić information content (AvgIpc) is 3.44. The molecule has 0 aliphatic heterocycles. The maximum atomic E-state index is 12.6. The van der Waals surface area contributed by atoms with E-state index in [-0.39, 0.29) is 18.2 Å². The Labute approximate surface area is 203 Å². The van der Waals surface area contributed by atoms with E-state index in [2.05, 4.69) is 20.6 Å². The second kappa shape index (κ2) is 10.5. The van der Waals surface area contributed by atoms with Gasteiger partial charge in [0.1, 0.15) is 5.75 Å². The number of benzene rings is 2. The highest BCUT2D eigenvalue weighted by atomic mass is 32.1. The molecule has 0 bridgehead atoms. The fourth-order valence-corrected chi connectivity index (χ4v) is 4.75. The number of nitrogens with zero attached hydrogens (tertiary/aromatic N) is 2. The Hall–Kier alpha value is -3.70. The lowest BCUT2D eigenvalue weighted by atomic mass is 10.2. The van der Waals surface area contributed by atoms with Crippen LogP contribution in [0, 0.1) is 0 Å². The molecule has 9 nitrogen and oxygen atoms in total. The molecule has 2 N–H and O–H groups in total. The van der Waals surface area contributed by atoms with Crippen molar-refractivity contribution in [3.63, 3.8) is 0 Å². The van der Waals surface area contributed by atoms with E-state index >= 15 is 0 Å². The van der Waals surface area contributed by atoms with Crippen LogP contribution in [0.1, 0.15) is 23.0 Å². The second-order valence-corrected chi connectivity index (χ2v) is 8.86. The lowest BCUT2D eigenvalue weighted by Gasteiger charge is -2.09. The van der Waals surface area contributed by atoms with Gasteiger partial charge in [0.15, 0.2) is 21.8 Å². The zero-order chi connectivity index (χ0) is 24.1. The molecule has 2 amide bonds. The number of aromatic nitrogens is 2. The van der Waals surface area contributed by atoms with E-state index in [1.807, 2.05) is 25.1 Å². The fraction of sp³-hybridized carbons (Fsp3) is 0.217. The van der Waals surface area contributed by atoms with E-state index in [1.165, 1.54) is 36.9 Å². The molecule has 0 aliphatic carbocycles. The molecule has 0 saturated heterocycles. The van der Waals surface area contributed by atoms with Crippen LogP contribution < -0.4 is 24.8 Å². The van der Waals surface area contributed by atoms with Crippen LogP contribution in [0.25, 0.3) is 10.2 Å². The zero-order valence-electron chi connectivity index (χ0n) is 18.7. The maximum absolute atomic E-state index is 12.6. The van der Waals surface area contributed by atoms with Crippen molar-refractivity contribution in [2.75, 3.05) is 31.5 Å². The van der Waals surface area contributed by atoms with Gasteiger partial charge >= 0.3 is 0 Å². The molecule has 11 heteroatoms. The van der Waals surface area contributed by atoms with E-state index in [9.17, 15) is 9.59 Å². The Morgan fingerprint density at radius 3 is 2.56 bits per heavy atom. The summed E-state index contributed by atoms with van der Waals surface area (Å²) in [6, 6.07) is 10.5. The van der Waals surface area contributed by atoms with Crippen molar-refractivity contribution in [3.8, 4) is 17.2 Å². The number of hydrogen-bond acceptors (Lipinski definition) is 9. The molecule has 0 aliphatic rings. The van der Waals surface area contributed by atoms with E-state index in [1.54, 1.807) is 23.6 Å². The Morgan fingerprint density at radius 1 is 0.971 bits per heavy atom. The van der Waals surface area contributed by atoms with Crippen LogP contribution in [0.4, 0.5) is 10.3 Å². The number of methoxy groups -OCH3 is 2. The Bertz CT molecular complexity index is 1330. The summed E-state index contributed by atoms with van der Waals surface area (Å²) in [5, 5.41) is 8.18. The van der Waals surface area contributed by atoms with Gasteiger partial charge in [-0.05, 0) is 43.3 Å². The molecule has 4 aromatic rings. The summed E-state index contributed by atoms with van der Waals surface area (Å²) >= 11 is 2.62. The first-order valence-electron chi connectivity index (χ1n) is 10.3. The van der Waals surface area contributed by atoms with Gasteiger partial charge in [0.2, 0.25) is 5.91 Å². The molecule has 0 saturated carbocycles. The SMILES string of the molecule is CCOc1ccc2nc(NC(=O)Cc3csc(NC(=O)c4ccc(OC)c(OC)c4)n3)sc2c1. The molecule has 2 aromatic heterocycles. The van der Waals surface area contributed by atoms with E-state index in [0.717, 1.165) is 16.0 Å². The Kier molecular flexibility index (Phi) is 7.24. The molecule has 0 spiro atoms. The molecular formula is C23H22N4O5S2. The number of thiazole rings is 2. The van der Waals surface area contributed by atoms with Gasteiger partial charge in [-0.25, -0.2) is 9.97 Å². The van der Waals surface area contributed by atoms with Gasteiger partial charge < -0.3 is 19.5 Å². The minimum absolute atomic E-state index is 0.0584. The molecule has 4 rings (SSSR count). The van der Waals surface area contributed by atoms with Crippen LogP contribution in [0.2, 0.25) is 0 Å². The minimum atomic E-state index is -0.341. The van der Waals surface area contributed by atoms with E-state index in [4.69, 9.17) is 14.2 Å². The summed E-state index contributed by atoms with van der Waals surface area (Å²) in [4.78, 5) is 33.8. The van der Waals surface area contributed by atoms with E-state index < -0.39 is 0 Å². The first-order chi connectivity index (χ1) is 16.5. The molecule has 0 unspecified atom stereocenters.